The fourth-order valence-electron chi connectivity index (χ4n) is 1.44. The summed E-state index contributed by atoms with van der Waals surface area (Å²) in [6.07, 6.45) is 3.37. The Morgan fingerprint density at radius 3 is 2.56 bits per heavy atom. The van der Waals surface area contributed by atoms with E-state index in [9.17, 15) is 13.2 Å². The predicted octanol–water partition coefficient (Wildman–Crippen LogP) is 0.796. The first kappa shape index (κ1) is 12.9. The van der Waals surface area contributed by atoms with E-state index in [0.717, 1.165) is 6.42 Å². The van der Waals surface area contributed by atoms with E-state index >= 15 is 0 Å². The van der Waals surface area contributed by atoms with Gasteiger partial charge in [-0.25, -0.2) is 8.42 Å². The Kier molecular flexibility index (Phi) is 4.26. The molecule has 1 N–H and O–H groups in total. The minimum absolute atomic E-state index is 0.190. The first-order valence-corrected chi connectivity index (χ1v) is 6.65. The molecule has 5 nitrogen and oxygen atoms in total. The van der Waals surface area contributed by atoms with Crippen LogP contribution in [0.5, 0.6) is 0 Å². The number of nitrogens with zero attached hydrogens (tertiary/aromatic N) is 1. The van der Waals surface area contributed by atoms with E-state index in [4.69, 9.17) is 0 Å². The van der Waals surface area contributed by atoms with Crippen LogP contribution in [0.3, 0.4) is 0 Å². The third-order valence-corrected chi connectivity index (χ3v) is 4.23. The van der Waals surface area contributed by atoms with Crippen LogP contribution in [-0.2, 0) is 10.0 Å². The summed E-state index contributed by atoms with van der Waals surface area (Å²) >= 11 is 0. The van der Waals surface area contributed by atoms with Gasteiger partial charge >= 0.3 is 0 Å². The maximum atomic E-state index is 12.1. The molecule has 0 saturated carbocycles. The molecule has 1 aromatic heterocycles. The van der Waals surface area contributed by atoms with E-state index in [1.807, 2.05) is 6.92 Å². The lowest BCUT2D eigenvalue weighted by atomic mass is 10.5. The maximum absolute atomic E-state index is 12.1. The fourth-order valence-corrected chi connectivity index (χ4v) is 3.02. The Labute approximate surface area is 95.2 Å². The van der Waals surface area contributed by atoms with Crippen LogP contribution in [0.25, 0.3) is 0 Å². The van der Waals surface area contributed by atoms with Gasteiger partial charge in [-0.05, 0) is 6.42 Å². The van der Waals surface area contributed by atoms with E-state index in [0.29, 0.717) is 13.1 Å². The van der Waals surface area contributed by atoms with Gasteiger partial charge < -0.3 is 4.98 Å². The number of hydrogen-bond donors (Lipinski definition) is 1. The number of sulfonamides is 1. The Balaban J connectivity index is 3.21. The van der Waals surface area contributed by atoms with Crippen LogP contribution in [0, 0.1) is 0 Å². The zero-order chi connectivity index (χ0) is 12.2. The summed E-state index contributed by atoms with van der Waals surface area (Å²) in [4.78, 5) is 13.9. The number of hydrogen-bond acceptors (Lipinski definition) is 3. The van der Waals surface area contributed by atoms with Crippen molar-refractivity contribution in [2.45, 2.75) is 25.2 Å². The van der Waals surface area contributed by atoms with Crippen molar-refractivity contribution in [1.29, 1.82) is 0 Å². The summed E-state index contributed by atoms with van der Waals surface area (Å²) < 4.78 is 25.5. The van der Waals surface area contributed by atoms with Crippen LogP contribution in [0.1, 0.15) is 20.3 Å². The molecule has 1 aromatic rings. The van der Waals surface area contributed by atoms with Crippen molar-refractivity contribution in [3.63, 3.8) is 0 Å². The predicted molar refractivity (Wildman–Crippen MR) is 61.8 cm³/mol. The summed E-state index contributed by atoms with van der Waals surface area (Å²) in [5, 5.41) is 0. The van der Waals surface area contributed by atoms with Gasteiger partial charge in [-0.15, -0.1) is 0 Å². The minimum atomic E-state index is -3.65. The Morgan fingerprint density at radius 1 is 1.38 bits per heavy atom. The van der Waals surface area contributed by atoms with Gasteiger partial charge in [0.05, 0.1) is 0 Å². The quantitative estimate of drug-likeness (QED) is 0.832. The van der Waals surface area contributed by atoms with Crippen molar-refractivity contribution in [2.75, 3.05) is 13.1 Å². The second-order valence-electron chi connectivity index (χ2n) is 3.37. The molecular formula is C10H16N2O3S. The zero-order valence-electron chi connectivity index (χ0n) is 9.43. The molecule has 1 heterocycles. The SMILES string of the molecule is CCCN(CC)S(=O)(=O)c1c[nH]ccc1=O. The second-order valence-corrected chi connectivity index (χ2v) is 5.28. The first-order valence-electron chi connectivity index (χ1n) is 5.21. The number of aromatic nitrogens is 1. The van der Waals surface area contributed by atoms with Crippen molar-refractivity contribution < 1.29 is 8.42 Å². The lowest BCUT2D eigenvalue weighted by Gasteiger charge is -2.18. The molecule has 0 spiro atoms. The molecule has 90 valence electrons. The number of pyridine rings is 1. The fraction of sp³-hybridized carbons (Fsp3) is 0.500. The van der Waals surface area contributed by atoms with Crippen molar-refractivity contribution in [3.8, 4) is 0 Å². The van der Waals surface area contributed by atoms with Crippen LogP contribution in [0.4, 0.5) is 0 Å². The van der Waals surface area contributed by atoms with Crippen molar-refractivity contribution in [2.24, 2.45) is 0 Å². The van der Waals surface area contributed by atoms with Gasteiger partial charge in [0.15, 0.2) is 0 Å². The molecule has 1 rings (SSSR count). The molecule has 0 aliphatic carbocycles. The topological polar surface area (TPSA) is 70.2 Å². The van der Waals surface area contributed by atoms with Crippen LogP contribution >= 0.6 is 0 Å². The molecule has 0 amide bonds. The van der Waals surface area contributed by atoms with Crippen molar-refractivity contribution in [1.82, 2.24) is 9.29 Å². The van der Waals surface area contributed by atoms with E-state index in [2.05, 4.69) is 4.98 Å². The first-order chi connectivity index (χ1) is 7.54. The molecule has 16 heavy (non-hydrogen) atoms. The third kappa shape index (κ3) is 2.51. The van der Waals surface area contributed by atoms with Crippen molar-refractivity contribution >= 4 is 10.0 Å². The van der Waals surface area contributed by atoms with Gasteiger partial charge in [0, 0.05) is 31.5 Å². The molecule has 0 radical (unpaired) electrons. The molecule has 0 aliphatic rings. The van der Waals surface area contributed by atoms with Gasteiger partial charge in [0.2, 0.25) is 15.5 Å². The lowest BCUT2D eigenvalue weighted by molar-refractivity contribution is 0.426. The average Bonchev–Trinajstić information content (AvgIpc) is 2.26. The summed E-state index contributed by atoms with van der Waals surface area (Å²) in [6, 6.07) is 1.21. The number of H-pyrrole nitrogens is 1. The standard InChI is InChI=1S/C10H16N2O3S/c1-3-7-12(4-2)16(14,15)10-8-11-6-5-9(10)13/h5-6,8H,3-4,7H2,1-2H3,(H,11,13). The smallest absolute Gasteiger partial charge is 0.248 e. The van der Waals surface area contributed by atoms with Gasteiger partial charge in [-0.2, -0.15) is 4.31 Å². The molecular weight excluding hydrogens is 228 g/mol. The lowest BCUT2D eigenvalue weighted by Crippen LogP contribution is -2.34. The normalized spacial score (nSPS) is 11.9. The Hall–Kier alpha value is -1.14. The zero-order valence-corrected chi connectivity index (χ0v) is 10.3. The van der Waals surface area contributed by atoms with Gasteiger partial charge in [0.1, 0.15) is 4.90 Å². The average molecular weight is 244 g/mol. The molecule has 0 aromatic carbocycles. The molecule has 0 unspecified atom stereocenters. The molecule has 0 aliphatic heterocycles. The van der Waals surface area contributed by atoms with E-state index in [-0.39, 0.29) is 4.90 Å². The van der Waals surface area contributed by atoms with Crippen molar-refractivity contribution in [3.05, 3.63) is 28.7 Å². The minimum Gasteiger partial charge on any atom is -0.366 e. The van der Waals surface area contributed by atoms with Crippen LogP contribution in [-0.4, -0.2) is 30.8 Å². The Morgan fingerprint density at radius 2 is 2.06 bits per heavy atom. The third-order valence-electron chi connectivity index (χ3n) is 2.23. The molecule has 0 fully saturated rings. The maximum Gasteiger partial charge on any atom is 0.248 e. The molecule has 0 atom stereocenters. The number of rotatable bonds is 5. The van der Waals surface area contributed by atoms with Gasteiger partial charge in [-0.1, -0.05) is 13.8 Å². The van der Waals surface area contributed by atoms with Gasteiger partial charge in [-0.3, -0.25) is 4.79 Å². The largest absolute Gasteiger partial charge is 0.366 e. The Bertz CT molecular complexity index is 493. The summed E-state index contributed by atoms with van der Waals surface area (Å²) in [6.45, 7) is 4.44. The van der Waals surface area contributed by atoms with Crippen LogP contribution in [0.2, 0.25) is 0 Å². The number of aromatic amines is 1. The summed E-state index contributed by atoms with van der Waals surface area (Å²) in [5.74, 6) is 0. The van der Waals surface area contributed by atoms with Crippen LogP contribution in [0.15, 0.2) is 28.2 Å². The number of nitrogens with one attached hydrogen (secondary N) is 1. The monoisotopic (exact) mass is 244 g/mol. The highest BCUT2D eigenvalue weighted by Gasteiger charge is 2.24. The molecule has 0 bridgehead atoms. The summed E-state index contributed by atoms with van der Waals surface area (Å²) in [7, 11) is -3.65. The van der Waals surface area contributed by atoms with E-state index < -0.39 is 15.5 Å². The second kappa shape index (κ2) is 5.27. The highest BCUT2D eigenvalue weighted by Crippen LogP contribution is 2.10. The van der Waals surface area contributed by atoms with E-state index in [1.54, 1.807) is 6.92 Å². The van der Waals surface area contributed by atoms with E-state index in [1.165, 1.54) is 22.8 Å². The van der Waals surface area contributed by atoms with Crippen LogP contribution < -0.4 is 5.43 Å². The summed E-state index contributed by atoms with van der Waals surface area (Å²) in [5.41, 5.74) is -0.478. The highest BCUT2D eigenvalue weighted by atomic mass is 32.2. The highest BCUT2D eigenvalue weighted by molar-refractivity contribution is 7.89. The van der Waals surface area contributed by atoms with Gasteiger partial charge in [0.25, 0.3) is 0 Å². The molecule has 6 heteroatoms. The molecule has 0 saturated heterocycles.